The van der Waals surface area contributed by atoms with Crippen molar-refractivity contribution in [2.75, 3.05) is 39.3 Å². The summed E-state index contributed by atoms with van der Waals surface area (Å²) in [6, 6.07) is 0.627. The number of aliphatic hydroxyl groups excluding tert-OH is 1. The van der Waals surface area contributed by atoms with E-state index in [0.29, 0.717) is 11.8 Å². The lowest BCUT2D eigenvalue weighted by atomic mass is 9.93. The molecule has 1 aliphatic carbocycles. The Labute approximate surface area is 104 Å². The highest BCUT2D eigenvalue weighted by Crippen LogP contribution is 2.21. The molecule has 4 heteroatoms. The lowest BCUT2D eigenvalue weighted by molar-refractivity contribution is -0.121. The number of β-amino-alcohol motifs (C(OH)–C–C–N with tert-alkyl or cyclic N) is 1. The van der Waals surface area contributed by atoms with Crippen LogP contribution in [0.5, 0.6) is 0 Å². The van der Waals surface area contributed by atoms with Gasteiger partial charge < -0.3 is 5.11 Å². The van der Waals surface area contributed by atoms with Gasteiger partial charge in [0, 0.05) is 38.5 Å². The Hall–Kier alpha value is -0.450. The van der Waals surface area contributed by atoms with Crippen LogP contribution in [0.1, 0.15) is 32.1 Å². The maximum atomic E-state index is 11.2. The number of carbonyl (C=O) groups excluding carboxylic acids is 1. The molecule has 1 saturated heterocycles. The van der Waals surface area contributed by atoms with E-state index in [-0.39, 0.29) is 6.61 Å². The standard InChI is InChI=1S/C13H24N2O2/c16-11-10-14-6-1-7-15(9-8-14)12-2-4-13(17)5-3-12/h12,16H,1-11H2. The monoisotopic (exact) mass is 240 g/mol. The number of rotatable bonds is 3. The van der Waals surface area contributed by atoms with E-state index in [2.05, 4.69) is 9.80 Å². The lowest BCUT2D eigenvalue weighted by Crippen LogP contribution is -2.40. The van der Waals surface area contributed by atoms with Crippen LogP contribution in [-0.2, 0) is 4.79 Å². The number of nitrogens with zero attached hydrogens (tertiary/aromatic N) is 2. The molecule has 17 heavy (non-hydrogen) atoms. The van der Waals surface area contributed by atoms with E-state index in [9.17, 15) is 4.79 Å². The van der Waals surface area contributed by atoms with Crippen LogP contribution in [0.4, 0.5) is 0 Å². The predicted octanol–water partition coefficient (Wildman–Crippen LogP) is 0.498. The van der Waals surface area contributed by atoms with Gasteiger partial charge in [-0.25, -0.2) is 0 Å². The van der Waals surface area contributed by atoms with Gasteiger partial charge in [0.1, 0.15) is 5.78 Å². The largest absolute Gasteiger partial charge is 0.395 e. The van der Waals surface area contributed by atoms with Crippen LogP contribution in [0.2, 0.25) is 0 Å². The van der Waals surface area contributed by atoms with Gasteiger partial charge in [0.05, 0.1) is 6.61 Å². The van der Waals surface area contributed by atoms with Crippen molar-refractivity contribution < 1.29 is 9.90 Å². The molecule has 0 bridgehead atoms. The van der Waals surface area contributed by atoms with E-state index < -0.39 is 0 Å². The van der Waals surface area contributed by atoms with Crippen LogP contribution in [0.3, 0.4) is 0 Å². The minimum Gasteiger partial charge on any atom is -0.395 e. The zero-order valence-corrected chi connectivity index (χ0v) is 10.6. The van der Waals surface area contributed by atoms with Gasteiger partial charge in [-0.15, -0.1) is 0 Å². The van der Waals surface area contributed by atoms with Crippen molar-refractivity contribution in [3.63, 3.8) is 0 Å². The molecule has 0 amide bonds. The minimum absolute atomic E-state index is 0.262. The summed E-state index contributed by atoms with van der Waals surface area (Å²) in [7, 11) is 0. The first-order valence-corrected chi connectivity index (χ1v) is 6.88. The fourth-order valence-corrected chi connectivity index (χ4v) is 3.01. The fourth-order valence-electron chi connectivity index (χ4n) is 3.01. The zero-order valence-electron chi connectivity index (χ0n) is 10.6. The van der Waals surface area contributed by atoms with Gasteiger partial charge in [0.15, 0.2) is 0 Å². The molecule has 4 nitrogen and oxygen atoms in total. The van der Waals surface area contributed by atoms with Gasteiger partial charge >= 0.3 is 0 Å². The van der Waals surface area contributed by atoms with Gasteiger partial charge in [-0.3, -0.25) is 14.6 Å². The first kappa shape index (κ1) is 13.0. The molecule has 0 radical (unpaired) electrons. The molecule has 0 atom stereocenters. The van der Waals surface area contributed by atoms with Crippen LogP contribution >= 0.6 is 0 Å². The summed E-state index contributed by atoms with van der Waals surface area (Å²) in [6.07, 6.45) is 4.85. The molecule has 0 aromatic heterocycles. The SMILES string of the molecule is O=C1CCC(N2CCCN(CCO)CC2)CC1. The Morgan fingerprint density at radius 2 is 1.88 bits per heavy atom. The third-order valence-corrected chi connectivity index (χ3v) is 4.07. The van der Waals surface area contributed by atoms with Crippen LogP contribution in [0.15, 0.2) is 0 Å². The van der Waals surface area contributed by atoms with Crippen molar-refractivity contribution in [1.29, 1.82) is 0 Å². The number of aliphatic hydroxyl groups is 1. The second-order valence-electron chi connectivity index (χ2n) is 5.22. The predicted molar refractivity (Wildman–Crippen MR) is 67.0 cm³/mol. The average Bonchev–Trinajstić information content (AvgIpc) is 2.56. The number of hydrogen-bond donors (Lipinski definition) is 1. The fraction of sp³-hybridized carbons (Fsp3) is 0.923. The summed E-state index contributed by atoms with van der Waals surface area (Å²) in [5, 5.41) is 8.96. The molecular formula is C13H24N2O2. The maximum absolute atomic E-state index is 11.2. The molecule has 2 aliphatic rings. The summed E-state index contributed by atoms with van der Waals surface area (Å²) in [5.41, 5.74) is 0. The molecule has 2 rings (SSSR count). The normalized spacial score (nSPS) is 26.1. The Morgan fingerprint density at radius 3 is 2.59 bits per heavy atom. The topological polar surface area (TPSA) is 43.8 Å². The number of Topliss-reactive ketones (excluding diaryl/α,β-unsaturated/α-hetero) is 1. The van der Waals surface area contributed by atoms with Crippen molar-refractivity contribution in [3.05, 3.63) is 0 Å². The molecule has 0 unspecified atom stereocenters. The summed E-state index contributed by atoms with van der Waals surface area (Å²) < 4.78 is 0. The van der Waals surface area contributed by atoms with E-state index in [1.54, 1.807) is 0 Å². The van der Waals surface area contributed by atoms with Crippen molar-refractivity contribution in [2.45, 2.75) is 38.1 Å². The van der Waals surface area contributed by atoms with Gasteiger partial charge in [-0.05, 0) is 32.4 Å². The van der Waals surface area contributed by atoms with Crippen molar-refractivity contribution >= 4 is 5.78 Å². The second kappa shape index (κ2) is 6.47. The first-order chi connectivity index (χ1) is 8.29. The summed E-state index contributed by atoms with van der Waals surface area (Å²) in [5.74, 6) is 0.443. The Bertz CT molecular complexity index is 248. The van der Waals surface area contributed by atoms with E-state index in [0.717, 1.165) is 58.4 Å². The smallest absolute Gasteiger partial charge is 0.133 e. The molecule has 1 aliphatic heterocycles. The number of carbonyl (C=O) groups is 1. The molecule has 0 aromatic carbocycles. The van der Waals surface area contributed by atoms with Crippen LogP contribution in [0.25, 0.3) is 0 Å². The lowest BCUT2D eigenvalue weighted by Gasteiger charge is -2.33. The Morgan fingerprint density at radius 1 is 1.12 bits per heavy atom. The molecule has 1 heterocycles. The van der Waals surface area contributed by atoms with Crippen LogP contribution in [-0.4, -0.2) is 66.1 Å². The highest BCUT2D eigenvalue weighted by Gasteiger charge is 2.25. The molecule has 0 spiro atoms. The van der Waals surface area contributed by atoms with E-state index in [4.69, 9.17) is 5.11 Å². The average molecular weight is 240 g/mol. The highest BCUT2D eigenvalue weighted by atomic mass is 16.3. The van der Waals surface area contributed by atoms with Gasteiger partial charge in [-0.2, -0.15) is 0 Å². The van der Waals surface area contributed by atoms with Gasteiger partial charge in [0.2, 0.25) is 0 Å². The van der Waals surface area contributed by atoms with E-state index >= 15 is 0 Å². The highest BCUT2D eigenvalue weighted by molar-refractivity contribution is 5.79. The molecule has 0 aromatic rings. The third kappa shape index (κ3) is 3.76. The zero-order chi connectivity index (χ0) is 12.1. The van der Waals surface area contributed by atoms with Crippen LogP contribution in [0, 0.1) is 0 Å². The molecule has 98 valence electrons. The maximum Gasteiger partial charge on any atom is 0.133 e. The molecule has 2 fully saturated rings. The van der Waals surface area contributed by atoms with Crippen molar-refractivity contribution in [2.24, 2.45) is 0 Å². The number of ketones is 1. The molecule has 1 saturated carbocycles. The van der Waals surface area contributed by atoms with Crippen LogP contribution < -0.4 is 0 Å². The molecule has 1 N–H and O–H groups in total. The van der Waals surface area contributed by atoms with Crippen molar-refractivity contribution in [1.82, 2.24) is 9.80 Å². The van der Waals surface area contributed by atoms with E-state index in [1.165, 1.54) is 6.42 Å². The summed E-state index contributed by atoms with van der Waals surface area (Å²) in [6.45, 7) is 5.47. The second-order valence-corrected chi connectivity index (χ2v) is 5.22. The number of hydrogen-bond acceptors (Lipinski definition) is 4. The Kier molecular flexibility index (Phi) is 4.95. The minimum atomic E-state index is 0.262. The first-order valence-electron chi connectivity index (χ1n) is 6.88. The van der Waals surface area contributed by atoms with Gasteiger partial charge in [0.25, 0.3) is 0 Å². The summed E-state index contributed by atoms with van der Waals surface area (Å²) in [4.78, 5) is 16.1. The quantitative estimate of drug-likeness (QED) is 0.780. The van der Waals surface area contributed by atoms with E-state index in [1.807, 2.05) is 0 Å². The third-order valence-electron chi connectivity index (χ3n) is 4.07. The molecular weight excluding hydrogens is 216 g/mol. The Balaban J connectivity index is 1.79. The summed E-state index contributed by atoms with van der Waals surface area (Å²) >= 11 is 0. The van der Waals surface area contributed by atoms with Crippen molar-refractivity contribution in [3.8, 4) is 0 Å². The van der Waals surface area contributed by atoms with Gasteiger partial charge in [-0.1, -0.05) is 0 Å².